The van der Waals surface area contributed by atoms with Gasteiger partial charge in [0.1, 0.15) is 5.60 Å². The molecule has 1 N–H and O–H groups in total. The van der Waals surface area contributed by atoms with Crippen molar-refractivity contribution in [2.24, 2.45) is 0 Å². The molecule has 0 unspecified atom stereocenters. The third-order valence-corrected chi connectivity index (χ3v) is 4.14. The Bertz CT molecular complexity index is 379. The molecule has 0 spiro atoms. The van der Waals surface area contributed by atoms with Crippen molar-refractivity contribution in [2.75, 3.05) is 59.4 Å². The van der Waals surface area contributed by atoms with Gasteiger partial charge < -0.3 is 19.9 Å². The second-order valence-corrected chi connectivity index (χ2v) is 8.70. The minimum Gasteiger partial charge on any atom is -0.444 e. The van der Waals surface area contributed by atoms with Gasteiger partial charge in [0.15, 0.2) is 0 Å². The standard InChI is InChI=1S/C18H38N4O2/c1-17(2,3)22(16(23)24-18(4,5)6)11-9-19-8-10-21-14-12-20(7)13-15-21/h19H,8-15H2,1-7H3. The van der Waals surface area contributed by atoms with Crippen LogP contribution in [0, 0.1) is 0 Å². The number of piperazine rings is 1. The van der Waals surface area contributed by atoms with Gasteiger partial charge in [-0.1, -0.05) is 0 Å². The first kappa shape index (κ1) is 21.2. The van der Waals surface area contributed by atoms with Gasteiger partial charge in [-0.15, -0.1) is 0 Å². The zero-order valence-corrected chi connectivity index (χ0v) is 16.8. The SMILES string of the molecule is CN1CCN(CCNCCN(C(=O)OC(C)(C)C)C(C)(C)C)CC1. The molecule has 1 heterocycles. The highest BCUT2D eigenvalue weighted by atomic mass is 16.6. The Morgan fingerprint density at radius 1 is 1.04 bits per heavy atom. The number of amides is 1. The fourth-order valence-corrected chi connectivity index (χ4v) is 2.64. The first-order valence-corrected chi connectivity index (χ1v) is 9.11. The third-order valence-electron chi connectivity index (χ3n) is 4.14. The lowest BCUT2D eigenvalue weighted by Gasteiger charge is -2.37. The Morgan fingerprint density at radius 3 is 2.12 bits per heavy atom. The Hall–Kier alpha value is -0.850. The van der Waals surface area contributed by atoms with Crippen LogP contribution in [0.5, 0.6) is 0 Å². The predicted octanol–water partition coefficient (Wildman–Crippen LogP) is 1.86. The van der Waals surface area contributed by atoms with E-state index in [1.807, 2.05) is 41.5 Å². The monoisotopic (exact) mass is 342 g/mol. The van der Waals surface area contributed by atoms with Crippen molar-refractivity contribution >= 4 is 6.09 Å². The quantitative estimate of drug-likeness (QED) is 0.747. The lowest BCUT2D eigenvalue weighted by Crippen LogP contribution is -2.51. The molecule has 1 saturated heterocycles. The van der Waals surface area contributed by atoms with Crippen molar-refractivity contribution in [3.05, 3.63) is 0 Å². The molecule has 0 aromatic heterocycles. The van der Waals surface area contributed by atoms with Crippen LogP contribution in [0.25, 0.3) is 0 Å². The fourth-order valence-electron chi connectivity index (χ4n) is 2.64. The van der Waals surface area contributed by atoms with Crippen molar-refractivity contribution < 1.29 is 9.53 Å². The first-order valence-electron chi connectivity index (χ1n) is 9.11. The van der Waals surface area contributed by atoms with Gasteiger partial charge in [0.25, 0.3) is 0 Å². The molecule has 6 heteroatoms. The van der Waals surface area contributed by atoms with Crippen LogP contribution in [0.2, 0.25) is 0 Å². The van der Waals surface area contributed by atoms with Gasteiger partial charge in [0, 0.05) is 57.9 Å². The van der Waals surface area contributed by atoms with E-state index in [1.54, 1.807) is 4.90 Å². The van der Waals surface area contributed by atoms with Crippen LogP contribution in [0.15, 0.2) is 0 Å². The molecule has 0 atom stereocenters. The summed E-state index contributed by atoms with van der Waals surface area (Å²) in [6.07, 6.45) is -0.240. The van der Waals surface area contributed by atoms with E-state index < -0.39 is 5.60 Å². The summed E-state index contributed by atoms with van der Waals surface area (Å²) in [5, 5.41) is 3.46. The van der Waals surface area contributed by atoms with Crippen LogP contribution < -0.4 is 5.32 Å². The van der Waals surface area contributed by atoms with Crippen LogP contribution in [0.1, 0.15) is 41.5 Å². The summed E-state index contributed by atoms with van der Waals surface area (Å²) in [7, 11) is 2.17. The average molecular weight is 343 g/mol. The Balaban J connectivity index is 2.31. The molecular formula is C18H38N4O2. The Morgan fingerprint density at radius 2 is 1.62 bits per heavy atom. The molecule has 1 fully saturated rings. The van der Waals surface area contributed by atoms with Crippen LogP contribution >= 0.6 is 0 Å². The summed E-state index contributed by atoms with van der Waals surface area (Å²) in [4.78, 5) is 19.1. The van der Waals surface area contributed by atoms with E-state index in [0.29, 0.717) is 6.54 Å². The number of carbonyl (C=O) groups is 1. The Kier molecular flexibility index (Phi) is 7.96. The fraction of sp³-hybridized carbons (Fsp3) is 0.944. The number of rotatable bonds is 6. The molecule has 1 amide bonds. The minimum atomic E-state index is -0.463. The molecule has 0 saturated carbocycles. The highest BCUT2D eigenvalue weighted by molar-refractivity contribution is 5.69. The number of likely N-dealkylation sites (N-methyl/N-ethyl adjacent to an activating group) is 1. The van der Waals surface area contributed by atoms with Crippen molar-refractivity contribution in [3.63, 3.8) is 0 Å². The van der Waals surface area contributed by atoms with Crippen molar-refractivity contribution in [1.82, 2.24) is 20.0 Å². The summed E-state index contributed by atoms with van der Waals surface area (Å²) in [5.74, 6) is 0. The normalized spacial score (nSPS) is 17.8. The van der Waals surface area contributed by atoms with Crippen molar-refractivity contribution in [2.45, 2.75) is 52.7 Å². The van der Waals surface area contributed by atoms with Crippen LogP contribution in [-0.4, -0.2) is 91.3 Å². The van der Waals surface area contributed by atoms with Crippen LogP contribution in [-0.2, 0) is 4.74 Å². The summed E-state index contributed by atoms with van der Waals surface area (Å²) in [6.45, 7) is 19.9. The topological polar surface area (TPSA) is 48.0 Å². The zero-order chi connectivity index (χ0) is 18.4. The van der Waals surface area contributed by atoms with Gasteiger partial charge in [-0.2, -0.15) is 0 Å². The van der Waals surface area contributed by atoms with E-state index in [9.17, 15) is 4.79 Å². The summed E-state index contributed by atoms with van der Waals surface area (Å²) in [5.41, 5.74) is -0.711. The van der Waals surface area contributed by atoms with Gasteiger partial charge in [-0.3, -0.25) is 4.90 Å². The maximum absolute atomic E-state index is 12.4. The third kappa shape index (κ3) is 8.31. The van der Waals surface area contributed by atoms with Crippen molar-refractivity contribution in [1.29, 1.82) is 0 Å². The molecule has 0 aromatic carbocycles. The zero-order valence-electron chi connectivity index (χ0n) is 16.8. The predicted molar refractivity (Wildman–Crippen MR) is 99.5 cm³/mol. The van der Waals surface area contributed by atoms with E-state index in [0.717, 1.165) is 45.8 Å². The van der Waals surface area contributed by atoms with Gasteiger partial charge >= 0.3 is 6.09 Å². The van der Waals surface area contributed by atoms with Crippen LogP contribution in [0.4, 0.5) is 4.79 Å². The van der Waals surface area contributed by atoms with E-state index >= 15 is 0 Å². The maximum Gasteiger partial charge on any atom is 0.410 e. The largest absolute Gasteiger partial charge is 0.444 e. The molecule has 6 nitrogen and oxygen atoms in total. The lowest BCUT2D eigenvalue weighted by molar-refractivity contribution is 0.00661. The van der Waals surface area contributed by atoms with Gasteiger partial charge in [0.05, 0.1) is 0 Å². The molecule has 142 valence electrons. The van der Waals surface area contributed by atoms with E-state index in [-0.39, 0.29) is 11.6 Å². The van der Waals surface area contributed by atoms with Crippen LogP contribution in [0.3, 0.4) is 0 Å². The molecule has 1 rings (SSSR count). The molecule has 0 aromatic rings. The number of carbonyl (C=O) groups excluding carboxylic acids is 1. The maximum atomic E-state index is 12.4. The lowest BCUT2D eigenvalue weighted by atomic mass is 10.1. The number of nitrogens with one attached hydrogen (secondary N) is 1. The second-order valence-electron chi connectivity index (χ2n) is 8.70. The number of ether oxygens (including phenoxy) is 1. The average Bonchev–Trinajstić information content (AvgIpc) is 2.41. The highest BCUT2D eigenvalue weighted by Gasteiger charge is 2.30. The number of hydrogen-bond acceptors (Lipinski definition) is 5. The molecule has 1 aliphatic rings. The Labute approximate surface area is 148 Å². The first-order chi connectivity index (χ1) is 11.0. The minimum absolute atomic E-state index is 0.240. The summed E-state index contributed by atoms with van der Waals surface area (Å²) >= 11 is 0. The number of hydrogen-bond donors (Lipinski definition) is 1. The summed E-state index contributed by atoms with van der Waals surface area (Å²) in [6, 6.07) is 0. The summed E-state index contributed by atoms with van der Waals surface area (Å²) < 4.78 is 5.53. The molecule has 24 heavy (non-hydrogen) atoms. The van der Waals surface area contributed by atoms with Gasteiger partial charge in [-0.05, 0) is 48.6 Å². The van der Waals surface area contributed by atoms with E-state index in [4.69, 9.17) is 4.74 Å². The molecule has 1 aliphatic heterocycles. The van der Waals surface area contributed by atoms with E-state index in [2.05, 4.69) is 22.2 Å². The number of nitrogens with zero attached hydrogens (tertiary/aromatic N) is 3. The highest BCUT2D eigenvalue weighted by Crippen LogP contribution is 2.17. The van der Waals surface area contributed by atoms with Gasteiger partial charge in [-0.25, -0.2) is 4.79 Å². The smallest absolute Gasteiger partial charge is 0.410 e. The molecule has 0 bridgehead atoms. The second kappa shape index (κ2) is 9.02. The van der Waals surface area contributed by atoms with Gasteiger partial charge in [0.2, 0.25) is 0 Å². The molecule has 0 aliphatic carbocycles. The van der Waals surface area contributed by atoms with Crippen molar-refractivity contribution in [3.8, 4) is 0 Å². The van der Waals surface area contributed by atoms with E-state index in [1.165, 1.54) is 0 Å². The molecule has 0 radical (unpaired) electrons. The molecular weight excluding hydrogens is 304 g/mol.